The highest BCUT2D eigenvalue weighted by Gasteiger charge is 2.36. The van der Waals surface area contributed by atoms with Crippen molar-refractivity contribution < 1.29 is 14.3 Å². The number of amides is 2. The van der Waals surface area contributed by atoms with E-state index in [1.165, 1.54) is 0 Å². The minimum atomic E-state index is -0.330. The Balaban J connectivity index is 1.38. The zero-order valence-electron chi connectivity index (χ0n) is 23.1. The molecule has 0 aliphatic carbocycles. The van der Waals surface area contributed by atoms with Crippen molar-refractivity contribution in [2.24, 2.45) is 0 Å². The largest absolute Gasteiger partial charge is 0.486 e. The van der Waals surface area contributed by atoms with E-state index in [9.17, 15) is 4.79 Å². The van der Waals surface area contributed by atoms with Crippen LogP contribution in [0.1, 0.15) is 41.0 Å². The Hall–Kier alpha value is -4.98. The van der Waals surface area contributed by atoms with Crippen LogP contribution in [-0.4, -0.2) is 38.5 Å². The van der Waals surface area contributed by atoms with E-state index in [0.29, 0.717) is 36.9 Å². The molecule has 0 bridgehead atoms. The molecular formula is C33H31N5O3. The number of rotatable bonds is 4. The highest BCUT2D eigenvalue weighted by molar-refractivity contribution is 5.90. The molecule has 1 N–H and O–H groups in total. The lowest BCUT2D eigenvalue weighted by molar-refractivity contribution is 0.171. The summed E-state index contributed by atoms with van der Waals surface area (Å²) in [6.07, 6.45) is 2.81. The van der Waals surface area contributed by atoms with Gasteiger partial charge in [-0.3, -0.25) is 0 Å². The van der Waals surface area contributed by atoms with Crippen LogP contribution >= 0.6 is 0 Å². The zero-order chi connectivity index (χ0) is 27.9. The van der Waals surface area contributed by atoms with Gasteiger partial charge in [-0.05, 0) is 55.3 Å². The second-order valence-electron chi connectivity index (χ2n) is 10.4. The maximum Gasteiger partial charge on any atom is 0.322 e. The van der Waals surface area contributed by atoms with Crippen LogP contribution in [0.3, 0.4) is 0 Å². The SMILES string of the molecule is CCc1nn(-c2ccccc2)c2c1CN(C(=O)Nc1ccc3c(c1)OCCO3)C(c1cccc(C)c1)c1cccn1-2. The lowest BCUT2D eigenvalue weighted by Crippen LogP contribution is -2.38. The minimum absolute atomic E-state index is 0.205. The third-order valence-corrected chi connectivity index (χ3v) is 7.72. The Morgan fingerprint density at radius 1 is 0.951 bits per heavy atom. The van der Waals surface area contributed by atoms with E-state index in [1.54, 1.807) is 0 Å². The van der Waals surface area contributed by atoms with Gasteiger partial charge in [0.2, 0.25) is 0 Å². The Bertz CT molecular complexity index is 1740. The number of aryl methyl sites for hydroxylation is 2. The number of ether oxygens (including phenoxy) is 2. The summed E-state index contributed by atoms with van der Waals surface area (Å²) >= 11 is 0. The molecule has 0 spiro atoms. The first-order valence-corrected chi connectivity index (χ1v) is 14.0. The second-order valence-corrected chi connectivity index (χ2v) is 10.4. The molecule has 2 amide bonds. The molecule has 41 heavy (non-hydrogen) atoms. The molecule has 2 aliphatic rings. The molecule has 2 aromatic heterocycles. The maximum atomic E-state index is 14.3. The van der Waals surface area contributed by atoms with Crippen LogP contribution in [0, 0.1) is 6.92 Å². The molecule has 206 valence electrons. The average Bonchev–Trinajstić information content (AvgIpc) is 3.58. The molecule has 0 radical (unpaired) electrons. The number of aromatic nitrogens is 3. The molecule has 4 heterocycles. The molecule has 5 aromatic rings. The van der Waals surface area contributed by atoms with E-state index in [-0.39, 0.29) is 12.1 Å². The number of benzene rings is 3. The van der Waals surface area contributed by atoms with E-state index in [1.807, 2.05) is 52.0 Å². The van der Waals surface area contributed by atoms with E-state index in [0.717, 1.165) is 46.0 Å². The van der Waals surface area contributed by atoms with Gasteiger partial charge in [0, 0.05) is 23.5 Å². The van der Waals surface area contributed by atoms with Crippen molar-refractivity contribution in [1.82, 2.24) is 19.2 Å². The van der Waals surface area contributed by atoms with Crippen molar-refractivity contribution in [3.63, 3.8) is 0 Å². The van der Waals surface area contributed by atoms with Gasteiger partial charge in [-0.15, -0.1) is 0 Å². The number of carbonyl (C=O) groups excluding carboxylic acids is 1. The number of nitrogens with zero attached hydrogens (tertiary/aromatic N) is 4. The third-order valence-electron chi connectivity index (χ3n) is 7.72. The summed E-state index contributed by atoms with van der Waals surface area (Å²) in [5.74, 6) is 2.28. The van der Waals surface area contributed by atoms with Crippen molar-refractivity contribution in [3.8, 4) is 23.0 Å². The number of para-hydroxylation sites is 1. The monoisotopic (exact) mass is 545 g/mol. The number of nitrogens with one attached hydrogen (secondary N) is 1. The highest BCUT2D eigenvalue weighted by Crippen LogP contribution is 2.40. The van der Waals surface area contributed by atoms with Crippen LogP contribution in [0.2, 0.25) is 0 Å². The summed E-state index contributed by atoms with van der Waals surface area (Å²) in [6.45, 7) is 5.58. The quantitative estimate of drug-likeness (QED) is 0.282. The number of urea groups is 1. The van der Waals surface area contributed by atoms with Gasteiger partial charge < -0.3 is 24.3 Å². The normalized spacial score (nSPS) is 15.6. The van der Waals surface area contributed by atoms with E-state index in [2.05, 4.69) is 72.4 Å². The second kappa shape index (κ2) is 10.2. The maximum absolute atomic E-state index is 14.3. The predicted octanol–water partition coefficient (Wildman–Crippen LogP) is 6.44. The van der Waals surface area contributed by atoms with Gasteiger partial charge in [-0.25, -0.2) is 9.48 Å². The minimum Gasteiger partial charge on any atom is -0.486 e. The average molecular weight is 546 g/mol. The number of hydrogen-bond donors (Lipinski definition) is 1. The summed E-state index contributed by atoms with van der Waals surface area (Å²) in [4.78, 5) is 16.2. The van der Waals surface area contributed by atoms with Crippen LogP contribution in [0.15, 0.2) is 91.1 Å². The topological polar surface area (TPSA) is 73.6 Å². The fraction of sp³-hybridized carbons (Fsp3) is 0.212. The molecule has 8 heteroatoms. The Morgan fingerprint density at radius 2 is 1.78 bits per heavy atom. The highest BCUT2D eigenvalue weighted by atomic mass is 16.6. The van der Waals surface area contributed by atoms with Gasteiger partial charge in [0.15, 0.2) is 11.5 Å². The summed E-state index contributed by atoms with van der Waals surface area (Å²) in [5.41, 5.74) is 6.80. The van der Waals surface area contributed by atoms with E-state index in [4.69, 9.17) is 14.6 Å². The standard InChI is InChI=1S/C33H31N5O3/c1-3-27-26-21-37(33(39)34-24-14-15-29-30(20-24)41-18-17-40-29)31(23-10-7-9-22(2)19-23)28-13-8-16-36(28)32(26)38(35-27)25-11-5-4-6-12-25/h4-16,19-20,31H,3,17-18,21H2,1-2H3,(H,34,39). The predicted molar refractivity (Wildman–Crippen MR) is 157 cm³/mol. The third kappa shape index (κ3) is 4.41. The Kier molecular flexibility index (Phi) is 6.23. The Morgan fingerprint density at radius 3 is 2.59 bits per heavy atom. The summed E-state index contributed by atoms with van der Waals surface area (Å²) in [6, 6.07) is 27.7. The molecule has 0 saturated heterocycles. The molecule has 1 atom stereocenters. The first kappa shape index (κ1) is 25.0. The van der Waals surface area contributed by atoms with Crippen LogP contribution in [-0.2, 0) is 13.0 Å². The smallest absolute Gasteiger partial charge is 0.322 e. The van der Waals surface area contributed by atoms with Gasteiger partial charge in [-0.2, -0.15) is 5.10 Å². The van der Waals surface area contributed by atoms with Crippen molar-refractivity contribution in [2.45, 2.75) is 32.9 Å². The fourth-order valence-electron chi connectivity index (χ4n) is 5.86. The van der Waals surface area contributed by atoms with E-state index >= 15 is 0 Å². The number of fused-ring (bicyclic) bond motifs is 4. The first-order chi connectivity index (χ1) is 20.1. The lowest BCUT2D eigenvalue weighted by Gasteiger charge is -2.31. The molecule has 3 aromatic carbocycles. The van der Waals surface area contributed by atoms with Gasteiger partial charge in [0.05, 0.1) is 29.7 Å². The fourth-order valence-corrected chi connectivity index (χ4v) is 5.86. The van der Waals surface area contributed by atoms with Gasteiger partial charge in [-0.1, -0.05) is 55.0 Å². The van der Waals surface area contributed by atoms with Crippen LogP contribution in [0.25, 0.3) is 11.5 Å². The number of hydrogen-bond acceptors (Lipinski definition) is 4. The lowest BCUT2D eigenvalue weighted by atomic mass is 10.00. The summed E-state index contributed by atoms with van der Waals surface area (Å²) in [5, 5.41) is 8.19. The van der Waals surface area contributed by atoms with Crippen molar-refractivity contribution in [1.29, 1.82) is 0 Å². The van der Waals surface area contributed by atoms with Crippen molar-refractivity contribution in [3.05, 3.63) is 119 Å². The zero-order valence-corrected chi connectivity index (χ0v) is 23.1. The van der Waals surface area contributed by atoms with Gasteiger partial charge in [0.25, 0.3) is 0 Å². The van der Waals surface area contributed by atoms with Gasteiger partial charge in [0.1, 0.15) is 19.0 Å². The van der Waals surface area contributed by atoms with Crippen LogP contribution in [0.5, 0.6) is 11.5 Å². The van der Waals surface area contributed by atoms with Crippen molar-refractivity contribution >= 4 is 11.7 Å². The molecule has 0 fully saturated rings. The first-order valence-electron chi connectivity index (χ1n) is 14.0. The molecule has 7 rings (SSSR count). The molecule has 2 aliphatic heterocycles. The molecule has 1 unspecified atom stereocenters. The number of anilines is 1. The Labute approximate surface area is 238 Å². The molecule has 0 saturated carbocycles. The summed E-state index contributed by atoms with van der Waals surface area (Å²) in [7, 11) is 0. The van der Waals surface area contributed by atoms with Gasteiger partial charge >= 0.3 is 6.03 Å². The molecular weight excluding hydrogens is 514 g/mol. The molecule has 8 nitrogen and oxygen atoms in total. The van der Waals surface area contributed by atoms with E-state index < -0.39 is 0 Å². The van der Waals surface area contributed by atoms with Crippen LogP contribution < -0.4 is 14.8 Å². The number of carbonyl (C=O) groups is 1. The van der Waals surface area contributed by atoms with Crippen LogP contribution in [0.4, 0.5) is 10.5 Å². The van der Waals surface area contributed by atoms with Crippen molar-refractivity contribution in [2.75, 3.05) is 18.5 Å². The summed E-state index contributed by atoms with van der Waals surface area (Å²) < 4.78 is 15.6.